The lowest BCUT2D eigenvalue weighted by molar-refractivity contribution is 0.408. The molecule has 1 atom stereocenters. The van der Waals surface area contributed by atoms with E-state index in [0.29, 0.717) is 5.56 Å². The Hall–Kier alpha value is -1.61. The predicted octanol–water partition coefficient (Wildman–Crippen LogP) is 4.92. The van der Waals surface area contributed by atoms with Crippen LogP contribution in [0.4, 0.5) is 8.78 Å². The van der Waals surface area contributed by atoms with Crippen molar-refractivity contribution in [3.63, 3.8) is 0 Å². The fourth-order valence-electron chi connectivity index (χ4n) is 2.31. The van der Waals surface area contributed by atoms with Gasteiger partial charge in [-0.15, -0.1) is 11.6 Å². The van der Waals surface area contributed by atoms with Gasteiger partial charge in [0.15, 0.2) is 11.6 Å². The maximum absolute atomic E-state index is 13.3. The van der Waals surface area contributed by atoms with Gasteiger partial charge in [-0.05, 0) is 48.2 Å². The number of hydrogen-bond donors (Lipinski definition) is 0. The van der Waals surface area contributed by atoms with Gasteiger partial charge in [0.2, 0.25) is 0 Å². The van der Waals surface area contributed by atoms with Crippen molar-refractivity contribution in [1.29, 1.82) is 0 Å². The van der Waals surface area contributed by atoms with Crippen LogP contribution in [0.2, 0.25) is 0 Å². The third kappa shape index (κ3) is 2.78. The second-order valence-electron chi connectivity index (χ2n) is 4.72. The number of halogens is 3. The number of alkyl halides is 1. The van der Waals surface area contributed by atoms with E-state index in [4.69, 9.17) is 16.3 Å². The van der Waals surface area contributed by atoms with Gasteiger partial charge in [-0.25, -0.2) is 8.78 Å². The van der Waals surface area contributed by atoms with Gasteiger partial charge in [0.1, 0.15) is 5.75 Å². The molecule has 2 aromatic carbocycles. The Morgan fingerprint density at radius 3 is 2.05 bits per heavy atom. The molecule has 0 aliphatic heterocycles. The molecule has 0 saturated carbocycles. The number of ether oxygens (including phenoxy) is 1. The van der Waals surface area contributed by atoms with Gasteiger partial charge in [0, 0.05) is 0 Å². The molecule has 0 radical (unpaired) electrons. The summed E-state index contributed by atoms with van der Waals surface area (Å²) in [4.78, 5) is 0. The molecule has 0 bridgehead atoms. The molecule has 2 rings (SSSR count). The lowest BCUT2D eigenvalue weighted by Gasteiger charge is -2.15. The number of benzene rings is 2. The van der Waals surface area contributed by atoms with Crippen LogP contribution in [-0.4, -0.2) is 7.11 Å². The Bertz CT molecular complexity index is 617. The normalized spacial score (nSPS) is 12.3. The van der Waals surface area contributed by atoms with Crippen LogP contribution in [0.25, 0.3) is 0 Å². The highest BCUT2D eigenvalue weighted by Crippen LogP contribution is 2.34. The average Bonchev–Trinajstić information content (AvgIpc) is 2.40. The summed E-state index contributed by atoms with van der Waals surface area (Å²) in [6.07, 6.45) is 0. The molecule has 0 heterocycles. The van der Waals surface area contributed by atoms with Crippen LogP contribution in [-0.2, 0) is 0 Å². The van der Waals surface area contributed by atoms with Gasteiger partial charge in [0.05, 0.1) is 12.5 Å². The van der Waals surface area contributed by atoms with Crippen molar-refractivity contribution in [2.45, 2.75) is 19.2 Å². The summed E-state index contributed by atoms with van der Waals surface area (Å²) in [5, 5.41) is -0.534. The molecular weight excluding hydrogens is 282 g/mol. The smallest absolute Gasteiger partial charge is 0.159 e. The third-order valence-electron chi connectivity index (χ3n) is 3.22. The highest BCUT2D eigenvalue weighted by Gasteiger charge is 2.16. The minimum atomic E-state index is -0.893. The number of hydrogen-bond acceptors (Lipinski definition) is 1. The first-order valence-corrected chi connectivity index (χ1v) is 6.62. The van der Waals surface area contributed by atoms with Crippen molar-refractivity contribution < 1.29 is 13.5 Å². The van der Waals surface area contributed by atoms with Crippen molar-refractivity contribution in [3.05, 3.63) is 64.2 Å². The molecule has 4 heteroatoms. The standard InChI is InChI=1S/C16H15ClF2O/c1-9-6-12(7-10(2)16(9)20-3)15(17)11-4-5-13(18)14(19)8-11/h4-8,15H,1-3H3. The zero-order valence-electron chi connectivity index (χ0n) is 11.5. The highest BCUT2D eigenvalue weighted by atomic mass is 35.5. The van der Waals surface area contributed by atoms with Crippen LogP contribution in [0.3, 0.4) is 0 Å². The first-order valence-electron chi connectivity index (χ1n) is 6.18. The van der Waals surface area contributed by atoms with Gasteiger partial charge in [-0.2, -0.15) is 0 Å². The maximum Gasteiger partial charge on any atom is 0.159 e. The Morgan fingerprint density at radius 1 is 0.950 bits per heavy atom. The van der Waals surface area contributed by atoms with Gasteiger partial charge in [0.25, 0.3) is 0 Å². The zero-order chi connectivity index (χ0) is 14.9. The molecule has 0 N–H and O–H groups in total. The van der Waals surface area contributed by atoms with Crippen LogP contribution >= 0.6 is 11.6 Å². The number of aryl methyl sites for hydroxylation is 2. The van der Waals surface area contributed by atoms with Crippen LogP contribution in [0.5, 0.6) is 5.75 Å². The predicted molar refractivity (Wildman–Crippen MR) is 76.5 cm³/mol. The molecule has 1 nitrogen and oxygen atoms in total. The molecule has 106 valence electrons. The summed E-state index contributed by atoms with van der Waals surface area (Å²) in [6, 6.07) is 7.49. The fourth-order valence-corrected chi connectivity index (χ4v) is 2.58. The molecule has 0 fully saturated rings. The zero-order valence-corrected chi connectivity index (χ0v) is 12.3. The SMILES string of the molecule is COc1c(C)cc(C(Cl)c2ccc(F)c(F)c2)cc1C. The van der Waals surface area contributed by atoms with E-state index in [2.05, 4.69) is 0 Å². The van der Waals surface area contributed by atoms with E-state index in [1.807, 2.05) is 26.0 Å². The maximum atomic E-state index is 13.3. The lowest BCUT2D eigenvalue weighted by atomic mass is 9.99. The van der Waals surface area contributed by atoms with E-state index < -0.39 is 17.0 Å². The molecule has 1 unspecified atom stereocenters. The average molecular weight is 297 g/mol. The van der Waals surface area contributed by atoms with Gasteiger partial charge < -0.3 is 4.74 Å². The van der Waals surface area contributed by atoms with Gasteiger partial charge in [-0.1, -0.05) is 18.2 Å². The molecule has 0 aliphatic rings. The minimum Gasteiger partial charge on any atom is -0.496 e. The Kier molecular flexibility index (Phi) is 4.29. The topological polar surface area (TPSA) is 9.23 Å². The van der Waals surface area contributed by atoms with E-state index in [9.17, 15) is 8.78 Å². The first kappa shape index (κ1) is 14.8. The van der Waals surface area contributed by atoms with Crippen molar-refractivity contribution in [2.24, 2.45) is 0 Å². The summed E-state index contributed by atoms with van der Waals surface area (Å²) in [5.74, 6) is -0.960. The molecule has 0 aromatic heterocycles. The van der Waals surface area contributed by atoms with Crippen molar-refractivity contribution >= 4 is 11.6 Å². The minimum absolute atomic E-state index is 0.523. The molecule has 0 spiro atoms. The van der Waals surface area contributed by atoms with Crippen LogP contribution in [0.1, 0.15) is 27.6 Å². The second kappa shape index (κ2) is 5.80. The highest BCUT2D eigenvalue weighted by molar-refractivity contribution is 6.22. The summed E-state index contributed by atoms with van der Waals surface area (Å²) < 4.78 is 31.5. The Morgan fingerprint density at radius 2 is 1.55 bits per heavy atom. The van der Waals surface area contributed by atoms with E-state index in [1.165, 1.54) is 6.07 Å². The van der Waals surface area contributed by atoms with Crippen LogP contribution < -0.4 is 4.74 Å². The molecule has 0 aliphatic carbocycles. The summed E-state index contributed by atoms with van der Waals surface area (Å²) in [7, 11) is 1.61. The van der Waals surface area contributed by atoms with E-state index in [-0.39, 0.29) is 0 Å². The van der Waals surface area contributed by atoms with Crippen molar-refractivity contribution in [3.8, 4) is 5.75 Å². The molecule has 2 aromatic rings. The fraction of sp³-hybridized carbons (Fsp3) is 0.250. The lowest BCUT2D eigenvalue weighted by Crippen LogP contribution is -1.99. The van der Waals surface area contributed by atoms with Crippen molar-refractivity contribution in [2.75, 3.05) is 7.11 Å². The van der Waals surface area contributed by atoms with Gasteiger partial charge in [-0.3, -0.25) is 0 Å². The first-order chi connectivity index (χ1) is 9.43. The monoisotopic (exact) mass is 296 g/mol. The van der Waals surface area contributed by atoms with Crippen LogP contribution in [0, 0.1) is 25.5 Å². The second-order valence-corrected chi connectivity index (χ2v) is 5.16. The molecule has 0 amide bonds. The van der Waals surface area contributed by atoms with E-state index >= 15 is 0 Å². The van der Waals surface area contributed by atoms with E-state index in [1.54, 1.807) is 7.11 Å². The van der Waals surface area contributed by atoms with E-state index in [0.717, 1.165) is 34.6 Å². The molecule has 20 heavy (non-hydrogen) atoms. The number of methoxy groups -OCH3 is 1. The summed E-state index contributed by atoms with van der Waals surface area (Å²) in [5.41, 5.74) is 3.26. The van der Waals surface area contributed by atoms with Crippen molar-refractivity contribution in [1.82, 2.24) is 0 Å². The summed E-state index contributed by atoms with van der Waals surface area (Å²) >= 11 is 6.37. The number of rotatable bonds is 3. The van der Waals surface area contributed by atoms with Gasteiger partial charge >= 0.3 is 0 Å². The Labute approximate surface area is 122 Å². The third-order valence-corrected chi connectivity index (χ3v) is 3.72. The molecular formula is C16H15ClF2O. The quantitative estimate of drug-likeness (QED) is 0.731. The van der Waals surface area contributed by atoms with Crippen LogP contribution in [0.15, 0.2) is 30.3 Å². The largest absolute Gasteiger partial charge is 0.496 e. The summed E-state index contributed by atoms with van der Waals surface area (Å²) in [6.45, 7) is 3.84. The Balaban J connectivity index is 2.42. The molecule has 0 saturated heterocycles.